The van der Waals surface area contributed by atoms with Crippen molar-refractivity contribution >= 4 is 23.2 Å². The molecule has 0 radical (unpaired) electrons. The minimum atomic E-state index is -0.700. The van der Waals surface area contributed by atoms with Crippen molar-refractivity contribution in [1.82, 2.24) is 0 Å². The normalized spacial score (nSPS) is 11.5. The number of non-ortho nitro benzene ring substituents is 1. The van der Waals surface area contributed by atoms with E-state index in [1.807, 2.05) is 0 Å². The van der Waals surface area contributed by atoms with Crippen molar-refractivity contribution in [1.29, 1.82) is 0 Å². The molecule has 0 spiro atoms. The van der Waals surface area contributed by atoms with Crippen LogP contribution in [0.25, 0.3) is 0 Å². The minimum Gasteiger partial charge on any atom is -0.370 e. The van der Waals surface area contributed by atoms with Gasteiger partial charge < -0.3 is 22.5 Å². The molecule has 9 nitrogen and oxygen atoms in total. The van der Waals surface area contributed by atoms with Gasteiger partial charge in [-0.25, -0.2) is 0 Å². The van der Waals surface area contributed by atoms with Gasteiger partial charge in [0.25, 0.3) is 5.69 Å². The van der Waals surface area contributed by atoms with Crippen molar-refractivity contribution in [3.63, 3.8) is 0 Å². The van der Waals surface area contributed by atoms with E-state index in [9.17, 15) is 14.9 Å². The molecular formula is C12H18N6O3. The third-order valence-electron chi connectivity index (χ3n) is 2.65. The molecule has 0 aliphatic heterocycles. The summed E-state index contributed by atoms with van der Waals surface area (Å²) < 4.78 is 0. The van der Waals surface area contributed by atoms with Crippen LogP contribution < -0.4 is 22.5 Å². The summed E-state index contributed by atoms with van der Waals surface area (Å²) in [6.07, 6.45) is 1.00. The first-order valence-corrected chi connectivity index (χ1v) is 6.26. The lowest BCUT2D eigenvalue weighted by Crippen LogP contribution is -2.35. The first-order chi connectivity index (χ1) is 9.90. The van der Waals surface area contributed by atoms with Gasteiger partial charge in [-0.05, 0) is 25.0 Å². The molecule has 0 saturated carbocycles. The van der Waals surface area contributed by atoms with E-state index < -0.39 is 11.0 Å². The van der Waals surface area contributed by atoms with Crippen molar-refractivity contribution in [3.05, 3.63) is 34.4 Å². The molecule has 0 aromatic heterocycles. The predicted molar refractivity (Wildman–Crippen MR) is 79.6 cm³/mol. The molecule has 1 unspecified atom stereocenters. The van der Waals surface area contributed by atoms with E-state index in [-0.39, 0.29) is 17.6 Å². The number of nitrogens with two attached hydrogens (primary N) is 3. The molecule has 0 aliphatic carbocycles. The first kappa shape index (κ1) is 16.4. The molecule has 9 heteroatoms. The maximum Gasteiger partial charge on any atom is 0.269 e. The zero-order chi connectivity index (χ0) is 15.8. The summed E-state index contributed by atoms with van der Waals surface area (Å²) in [5.41, 5.74) is 16.5. The van der Waals surface area contributed by atoms with Gasteiger partial charge in [0.05, 0.1) is 11.0 Å². The van der Waals surface area contributed by atoms with Crippen molar-refractivity contribution < 1.29 is 9.72 Å². The number of hydrogen-bond acceptors (Lipinski definition) is 5. The van der Waals surface area contributed by atoms with Gasteiger partial charge in [0.2, 0.25) is 5.91 Å². The number of nitro benzene ring substituents is 1. The van der Waals surface area contributed by atoms with Gasteiger partial charge in [0.15, 0.2) is 5.96 Å². The van der Waals surface area contributed by atoms with Gasteiger partial charge in [-0.15, -0.1) is 0 Å². The monoisotopic (exact) mass is 294 g/mol. The molecule has 1 aromatic rings. The fourth-order valence-corrected chi connectivity index (χ4v) is 1.55. The Balaban J connectivity index is 2.44. The Kier molecular flexibility index (Phi) is 6.08. The van der Waals surface area contributed by atoms with E-state index >= 15 is 0 Å². The van der Waals surface area contributed by atoms with E-state index in [1.54, 1.807) is 0 Å². The molecule has 1 rings (SSSR count). The molecular weight excluding hydrogens is 276 g/mol. The second-order valence-corrected chi connectivity index (χ2v) is 4.35. The summed E-state index contributed by atoms with van der Waals surface area (Å²) in [7, 11) is 0. The predicted octanol–water partition coefficient (Wildman–Crippen LogP) is -0.0858. The quantitative estimate of drug-likeness (QED) is 0.180. The summed E-state index contributed by atoms with van der Waals surface area (Å²) in [5.74, 6) is -0.368. The van der Waals surface area contributed by atoms with Gasteiger partial charge in [0, 0.05) is 24.4 Å². The zero-order valence-electron chi connectivity index (χ0n) is 11.4. The highest BCUT2D eigenvalue weighted by atomic mass is 16.6. The number of aliphatic imine (C=N–C) groups is 1. The van der Waals surface area contributed by atoms with Crippen molar-refractivity contribution in [2.45, 2.75) is 18.9 Å². The van der Waals surface area contributed by atoms with Crippen LogP contribution >= 0.6 is 0 Å². The van der Waals surface area contributed by atoms with Gasteiger partial charge in [-0.2, -0.15) is 0 Å². The summed E-state index contributed by atoms with van der Waals surface area (Å²) in [4.78, 5) is 25.6. The molecule has 0 heterocycles. The van der Waals surface area contributed by atoms with Crippen LogP contribution in [0.1, 0.15) is 12.8 Å². The second kappa shape index (κ2) is 7.80. The maximum atomic E-state index is 11.8. The molecule has 7 N–H and O–H groups in total. The van der Waals surface area contributed by atoms with E-state index in [0.717, 1.165) is 0 Å². The Morgan fingerprint density at radius 1 is 1.33 bits per heavy atom. The van der Waals surface area contributed by atoms with Crippen LogP contribution in [0.15, 0.2) is 29.3 Å². The molecule has 114 valence electrons. The Morgan fingerprint density at radius 2 is 1.95 bits per heavy atom. The van der Waals surface area contributed by atoms with Crippen LogP contribution in [-0.4, -0.2) is 29.4 Å². The average Bonchev–Trinajstić information content (AvgIpc) is 2.43. The fraction of sp³-hybridized carbons (Fsp3) is 0.333. The third-order valence-corrected chi connectivity index (χ3v) is 2.65. The Bertz CT molecular complexity index is 524. The minimum absolute atomic E-state index is 0.00102. The Hall–Kier alpha value is -2.68. The lowest BCUT2D eigenvalue weighted by molar-refractivity contribution is -0.384. The number of rotatable bonds is 7. The van der Waals surface area contributed by atoms with E-state index in [0.29, 0.717) is 25.1 Å². The van der Waals surface area contributed by atoms with Crippen LogP contribution in [0, 0.1) is 10.1 Å². The average molecular weight is 294 g/mol. The Labute approximate surface area is 121 Å². The van der Waals surface area contributed by atoms with Crippen LogP contribution in [0.4, 0.5) is 11.4 Å². The van der Waals surface area contributed by atoms with E-state index in [2.05, 4.69) is 10.3 Å². The van der Waals surface area contributed by atoms with Crippen LogP contribution in [0.2, 0.25) is 0 Å². The molecule has 1 amide bonds. The highest BCUT2D eigenvalue weighted by molar-refractivity contribution is 5.94. The molecule has 1 aromatic carbocycles. The number of anilines is 1. The summed E-state index contributed by atoms with van der Waals surface area (Å²) in [6.45, 7) is 0.404. The maximum absolute atomic E-state index is 11.8. The number of carbonyl (C=O) groups is 1. The number of carbonyl (C=O) groups excluding carboxylic acids is 1. The number of nitro groups is 1. The van der Waals surface area contributed by atoms with E-state index in [1.165, 1.54) is 24.3 Å². The highest BCUT2D eigenvalue weighted by Gasteiger charge is 2.13. The number of benzene rings is 1. The first-order valence-electron chi connectivity index (χ1n) is 6.26. The van der Waals surface area contributed by atoms with Gasteiger partial charge in [0.1, 0.15) is 0 Å². The molecule has 21 heavy (non-hydrogen) atoms. The molecule has 0 saturated heterocycles. The van der Waals surface area contributed by atoms with Gasteiger partial charge >= 0.3 is 0 Å². The summed E-state index contributed by atoms with van der Waals surface area (Å²) in [6, 6.07) is 4.80. The molecule has 0 fully saturated rings. The molecule has 0 aliphatic rings. The van der Waals surface area contributed by atoms with Crippen LogP contribution in [0.5, 0.6) is 0 Å². The summed E-state index contributed by atoms with van der Waals surface area (Å²) in [5, 5.41) is 13.1. The summed E-state index contributed by atoms with van der Waals surface area (Å²) >= 11 is 0. The van der Waals surface area contributed by atoms with Crippen LogP contribution in [0.3, 0.4) is 0 Å². The number of guanidine groups is 1. The second-order valence-electron chi connectivity index (χ2n) is 4.35. The smallest absolute Gasteiger partial charge is 0.269 e. The topological polar surface area (TPSA) is 163 Å². The van der Waals surface area contributed by atoms with Crippen molar-refractivity contribution in [3.8, 4) is 0 Å². The lowest BCUT2D eigenvalue weighted by atomic mass is 10.1. The van der Waals surface area contributed by atoms with Crippen molar-refractivity contribution in [2.24, 2.45) is 22.2 Å². The fourth-order valence-electron chi connectivity index (χ4n) is 1.55. The number of nitrogens with one attached hydrogen (secondary N) is 1. The molecule has 0 bridgehead atoms. The van der Waals surface area contributed by atoms with Gasteiger partial charge in [-0.1, -0.05) is 0 Å². The number of hydrogen-bond donors (Lipinski definition) is 4. The third kappa shape index (κ3) is 5.87. The number of amides is 1. The van der Waals surface area contributed by atoms with Crippen molar-refractivity contribution in [2.75, 3.05) is 11.9 Å². The standard InChI is InChI=1S/C12H18N6O3/c13-10(2-1-7-16-12(14)15)11(19)17-8-3-5-9(6-4-8)18(20)21/h3-6,10H,1-2,7,13H2,(H,17,19)(H4,14,15,16). The lowest BCUT2D eigenvalue weighted by Gasteiger charge is -2.11. The van der Waals surface area contributed by atoms with Crippen LogP contribution in [-0.2, 0) is 4.79 Å². The largest absolute Gasteiger partial charge is 0.370 e. The zero-order valence-corrected chi connectivity index (χ0v) is 11.4. The highest BCUT2D eigenvalue weighted by Crippen LogP contribution is 2.15. The van der Waals surface area contributed by atoms with Gasteiger partial charge in [-0.3, -0.25) is 19.9 Å². The Morgan fingerprint density at radius 3 is 2.48 bits per heavy atom. The molecule has 1 atom stereocenters. The SMILES string of the molecule is NC(N)=NCCCC(N)C(=O)Nc1ccc([N+](=O)[O-])cc1. The van der Waals surface area contributed by atoms with E-state index in [4.69, 9.17) is 17.2 Å². The number of nitrogens with zero attached hydrogens (tertiary/aromatic N) is 2.